The van der Waals surface area contributed by atoms with Crippen LogP contribution in [0.4, 0.5) is 15.9 Å². The molecule has 2 heterocycles. The molecule has 0 unspecified atom stereocenters. The molecule has 0 saturated heterocycles. The standard InChI is InChI=1S/C25H25ClFN5/c1-17(2)8-6-4-5-7-9-18-12-20(27)15-21(13-18)31(3)24-22-11-10-19(26)14-23(22)32-16-28-30-25(32)29-24/h10-17H,4-6,8H2,1-3H3. The Balaban J connectivity index is 1.65. The summed E-state index contributed by atoms with van der Waals surface area (Å²) in [6.45, 7) is 4.45. The van der Waals surface area contributed by atoms with Crippen molar-refractivity contribution in [3.05, 3.63) is 59.1 Å². The van der Waals surface area contributed by atoms with Crippen molar-refractivity contribution >= 4 is 39.8 Å². The number of nitrogens with zero attached hydrogens (tertiary/aromatic N) is 5. The molecular formula is C25H25ClFN5. The van der Waals surface area contributed by atoms with Gasteiger partial charge < -0.3 is 4.90 Å². The van der Waals surface area contributed by atoms with E-state index >= 15 is 0 Å². The van der Waals surface area contributed by atoms with E-state index in [9.17, 15) is 4.39 Å². The van der Waals surface area contributed by atoms with Gasteiger partial charge in [0.25, 0.3) is 5.78 Å². The average molecular weight is 450 g/mol. The van der Waals surface area contributed by atoms with Gasteiger partial charge in [-0.1, -0.05) is 50.1 Å². The lowest BCUT2D eigenvalue weighted by Gasteiger charge is -2.21. The van der Waals surface area contributed by atoms with Crippen LogP contribution < -0.4 is 4.90 Å². The van der Waals surface area contributed by atoms with Crippen molar-refractivity contribution in [2.75, 3.05) is 11.9 Å². The zero-order valence-electron chi connectivity index (χ0n) is 18.4. The Hall–Kier alpha value is -3.17. The molecule has 4 aromatic rings. The van der Waals surface area contributed by atoms with Crippen LogP contribution in [-0.4, -0.2) is 26.6 Å². The summed E-state index contributed by atoms with van der Waals surface area (Å²) in [7, 11) is 1.85. The minimum atomic E-state index is -0.339. The molecule has 0 radical (unpaired) electrons. The molecule has 0 fully saturated rings. The van der Waals surface area contributed by atoms with Gasteiger partial charge in [-0.15, -0.1) is 10.2 Å². The molecule has 2 aromatic carbocycles. The number of benzene rings is 2. The molecule has 0 aliphatic carbocycles. The number of fused-ring (bicyclic) bond motifs is 3. The highest BCUT2D eigenvalue weighted by molar-refractivity contribution is 6.31. The molecule has 0 aliphatic heterocycles. The molecule has 164 valence electrons. The Kier molecular flexibility index (Phi) is 6.57. The van der Waals surface area contributed by atoms with E-state index in [-0.39, 0.29) is 5.82 Å². The van der Waals surface area contributed by atoms with Crippen molar-refractivity contribution in [3.8, 4) is 11.8 Å². The maximum absolute atomic E-state index is 14.4. The molecular weight excluding hydrogens is 425 g/mol. The molecule has 5 nitrogen and oxygen atoms in total. The molecule has 0 amide bonds. The lowest BCUT2D eigenvalue weighted by atomic mass is 10.1. The lowest BCUT2D eigenvalue weighted by molar-refractivity contribution is 0.542. The van der Waals surface area contributed by atoms with Crippen LogP contribution in [0.1, 0.15) is 45.1 Å². The van der Waals surface area contributed by atoms with Gasteiger partial charge >= 0.3 is 0 Å². The average Bonchev–Trinajstić information content (AvgIpc) is 3.23. The normalized spacial score (nSPS) is 11.2. The van der Waals surface area contributed by atoms with Gasteiger partial charge in [-0.2, -0.15) is 4.98 Å². The van der Waals surface area contributed by atoms with Gasteiger partial charge in [-0.25, -0.2) is 4.39 Å². The maximum Gasteiger partial charge on any atom is 0.257 e. The Morgan fingerprint density at radius 2 is 2.00 bits per heavy atom. The van der Waals surface area contributed by atoms with Gasteiger partial charge in [0.1, 0.15) is 18.0 Å². The van der Waals surface area contributed by atoms with Gasteiger partial charge in [0, 0.05) is 35.1 Å². The molecule has 0 aliphatic rings. The SMILES string of the molecule is CC(C)CCCCC#Cc1cc(F)cc(N(C)c2nc3nncn3c3cc(Cl)ccc23)c1. The first-order valence-electron chi connectivity index (χ1n) is 10.7. The molecule has 0 N–H and O–H groups in total. The first kappa shape index (κ1) is 22.0. The van der Waals surface area contributed by atoms with E-state index in [1.54, 1.807) is 16.8 Å². The molecule has 0 bridgehead atoms. The first-order chi connectivity index (χ1) is 15.4. The minimum Gasteiger partial charge on any atom is -0.329 e. The van der Waals surface area contributed by atoms with E-state index in [1.807, 2.05) is 30.1 Å². The molecule has 32 heavy (non-hydrogen) atoms. The number of hydrogen-bond donors (Lipinski definition) is 0. The third-order valence-corrected chi connectivity index (χ3v) is 5.58. The van der Waals surface area contributed by atoms with E-state index in [0.717, 1.165) is 30.2 Å². The number of rotatable bonds is 6. The van der Waals surface area contributed by atoms with Crippen molar-refractivity contribution in [2.24, 2.45) is 5.92 Å². The van der Waals surface area contributed by atoms with Crippen molar-refractivity contribution in [1.82, 2.24) is 19.6 Å². The van der Waals surface area contributed by atoms with Gasteiger partial charge in [-0.05, 0) is 48.7 Å². The molecule has 4 rings (SSSR count). The van der Waals surface area contributed by atoms with Crippen LogP contribution in [0.25, 0.3) is 16.7 Å². The number of unbranched alkanes of at least 4 members (excludes halogenated alkanes) is 2. The summed E-state index contributed by atoms with van der Waals surface area (Å²) in [6, 6.07) is 10.4. The Labute approximate surface area is 192 Å². The number of aromatic nitrogens is 4. The second-order valence-electron chi connectivity index (χ2n) is 8.30. The van der Waals surface area contributed by atoms with Crippen LogP contribution >= 0.6 is 11.6 Å². The summed E-state index contributed by atoms with van der Waals surface area (Å²) in [6.07, 6.45) is 5.84. The van der Waals surface area contributed by atoms with E-state index < -0.39 is 0 Å². The monoisotopic (exact) mass is 449 g/mol. The highest BCUT2D eigenvalue weighted by atomic mass is 35.5. The third-order valence-electron chi connectivity index (χ3n) is 5.35. The zero-order chi connectivity index (χ0) is 22.7. The predicted octanol–water partition coefficient (Wildman–Crippen LogP) is 6.41. The Morgan fingerprint density at radius 1 is 1.16 bits per heavy atom. The van der Waals surface area contributed by atoms with Gasteiger partial charge in [0.05, 0.1) is 5.52 Å². The zero-order valence-corrected chi connectivity index (χ0v) is 19.2. The summed E-state index contributed by atoms with van der Waals surface area (Å²) in [5.41, 5.74) is 2.13. The highest BCUT2D eigenvalue weighted by Crippen LogP contribution is 2.32. The van der Waals surface area contributed by atoms with Crippen molar-refractivity contribution < 1.29 is 4.39 Å². The smallest absolute Gasteiger partial charge is 0.257 e. The minimum absolute atomic E-state index is 0.339. The van der Waals surface area contributed by atoms with Crippen molar-refractivity contribution in [1.29, 1.82) is 0 Å². The fraction of sp³-hybridized carbons (Fsp3) is 0.320. The number of hydrogen-bond acceptors (Lipinski definition) is 4. The second-order valence-corrected chi connectivity index (χ2v) is 8.73. The topological polar surface area (TPSA) is 46.3 Å². The van der Waals surface area contributed by atoms with E-state index in [0.29, 0.717) is 33.8 Å². The Bertz CT molecular complexity index is 1320. The van der Waals surface area contributed by atoms with Crippen LogP contribution in [0.2, 0.25) is 5.02 Å². The Morgan fingerprint density at radius 3 is 2.81 bits per heavy atom. The largest absolute Gasteiger partial charge is 0.329 e. The van der Waals surface area contributed by atoms with Crippen LogP contribution in [0.3, 0.4) is 0 Å². The van der Waals surface area contributed by atoms with E-state index in [4.69, 9.17) is 11.6 Å². The summed E-state index contributed by atoms with van der Waals surface area (Å²) in [5, 5.41) is 9.49. The van der Waals surface area contributed by atoms with E-state index in [2.05, 4.69) is 40.9 Å². The maximum atomic E-state index is 14.4. The lowest BCUT2D eigenvalue weighted by Crippen LogP contribution is -2.13. The summed E-state index contributed by atoms with van der Waals surface area (Å²) >= 11 is 6.22. The molecule has 0 saturated carbocycles. The first-order valence-corrected chi connectivity index (χ1v) is 11.1. The predicted molar refractivity (Wildman–Crippen MR) is 128 cm³/mol. The summed E-state index contributed by atoms with van der Waals surface area (Å²) < 4.78 is 16.2. The van der Waals surface area contributed by atoms with Gasteiger partial charge in [0.15, 0.2) is 0 Å². The number of halogens is 2. The fourth-order valence-corrected chi connectivity index (χ4v) is 3.84. The molecule has 2 aromatic heterocycles. The van der Waals surface area contributed by atoms with Crippen LogP contribution in [0.5, 0.6) is 0 Å². The quantitative estimate of drug-likeness (QED) is 0.252. The van der Waals surface area contributed by atoms with Crippen molar-refractivity contribution in [3.63, 3.8) is 0 Å². The summed E-state index contributed by atoms with van der Waals surface area (Å²) in [4.78, 5) is 6.49. The van der Waals surface area contributed by atoms with E-state index in [1.165, 1.54) is 18.6 Å². The fourth-order valence-electron chi connectivity index (χ4n) is 3.67. The van der Waals surface area contributed by atoms with Crippen molar-refractivity contribution in [2.45, 2.75) is 39.5 Å². The molecule has 0 spiro atoms. The highest BCUT2D eigenvalue weighted by Gasteiger charge is 2.16. The van der Waals surface area contributed by atoms with Crippen LogP contribution in [0, 0.1) is 23.6 Å². The van der Waals surface area contributed by atoms with Gasteiger partial charge in [0.2, 0.25) is 0 Å². The number of anilines is 2. The molecule has 7 heteroatoms. The third kappa shape index (κ3) is 4.84. The molecule has 0 atom stereocenters. The summed E-state index contributed by atoms with van der Waals surface area (Å²) in [5.74, 6) is 7.74. The second kappa shape index (κ2) is 9.54. The van der Waals surface area contributed by atoms with Gasteiger partial charge in [-0.3, -0.25) is 4.40 Å². The van der Waals surface area contributed by atoms with Crippen LogP contribution in [-0.2, 0) is 0 Å². The van der Waals surface area contributed by atoms with Crippen LogP contribution in [0.15, 0.2) is 42.7 Å².